The van der Waals surface area contributed by atoms with Crippen LogP contribution in [0.15, 0.2) is 29.2 Å². The van der Waals surface area contributed by atoms with E-state index in [4.69, 9.17) is 0 Å². The third kappa shape index (κ3) is 2.99. The summed E-state index contributed by atoms with van der Waals surface area (Å²) in [7, 11) is -3.64. The maximum Gasteiger partial charge on any atom is 0.269 e. The number of rotatable bonds is 5. The molecule has 2 aliphatic rings. The van der Waals surface area contributed by atoms with Crippen molar-refractivity contribution in [1.82, 2.24) is 10.0 Å². The van der Waals surface area contributed by atoms with Crippen molar-refractivity contribution >= 4 is 15.7 Å². The normalized spacial score (nSPS) is 21.5. The number of piperidine rings is 1. The molecule has 0 aromatic heterocycles. The Kier molecular flexibility index (Phi) is 3.92. The lowest BCUT2D eigenvalue weighted by Gasteiger charge is -2.31. The van der Waals surface area contributed by atoms with Crippen LogP contribution in [0.5, 0.6) is 0 Å². The highest BCUT2D eigenvalue weighted by Gasteiger charge is 2.51. The smallest absolute Gasteiger partial charge is 0.269 e. The van der Waals surface area contributed by atoms with Gasteiger partial charge in [0.25, 0.3) is 5.69 Å². The molecule has 0 spiro atoms. The summed E-state index contributed by atoms with van der Waals surface area (Å²) in [4.78, 5) is 10.2. The van der Waals surface area contributed by atoms with Gasteiger partial charge in [-0.3, -0.25) is 10.1 Å². The summed E-state index contributed by atoms with van der Waals surface area (Å²) < 4.78 is 27.9. The molecular formula is C14H19N3O4S. The number of benzene rings is 1. The third-order valence-corrected chi connectivity index (χ3v) is 6.17. The first-order valence-corrected chi connectivity index (χ1v) is 8.90. The van der Waals surface area contributed by atoms with Crippen LogP contribution in [0.25, 0.3) is 0 Å². The first-order chi connectivity index (χ1) is 10.4. The Morgan fingerprint density at radius 3 is 2.27 bits per heavy atom. The van der Waals surface area contributed by atoms with E-state index < -0.39 is 14.9 Å². The number of nitro groups is 1. The standard InChI is InChI=1S/C14H19N3O4S/c18-17(19)12-1-3-13(4-2-12)22(20,21)16-14(7-8-14)11-5-9-15-10-6-11/h1-4,11,15-16H,5-10H2. The van der Waals surface area contributed by atoms with E-state index in [-0.39, 0.29) is 16.1 Å². The molecule has 1 aromatic rings. The van der Waals surface area contributed by atoms with Gasteiger partial charge < -0.3 is 5.32 Å². The number of hydrogen-bond acceptors (Lipinski definition) is 5. The number of sulfonamides is 1. The Hall–Kier alpha value is -1.51. The summed E-state index contributed by atoms with van der Waals surface area (Å²) in [6, 6.07) is 5.02. The number of non-ortho nitro benzene ring substituents is 1. The van der Waals surface area contributed by atoms with E-state index >= 15 is 0 Å². The summed E-state index contributed by atoms with van der Waals surface area (Å²) in [6.45, 7) is 1.84. The van der Waals surface area contributed by atoms with Crippen LogP contribution in [0.2, 0.25) is 0 Å². The molecule has 1 saturated heterocycles. The second-order valence-electron chi connectivity index (χ2n) is 6.04. The van der Waals surface area contributed by atoms with E-state index in [1.165, 1.54) is 24.3 Å². The molecule has 120 valence electrons. The van der Waals surface area contributed by atoms with Crippen LogP contribution in [-0.4, -0.2) is 32.0 Å². The van der Waals surface area contributed by atoms with E-state index in [0.29, 0.717) is 5.92 Å². The summed E-state index contributed by atoms with van der Waals surface area (Å²) in [5, 5.41) is 13.9. The Labute approximate surface area is 129 Å². The molecule has 0 unspecified atom stereocenters. The Morgan fingerprint density at radius 2 is 1.77 bits per heavy atom. The predicted octanol–water partition coefficient (Wildman–Crippen LogP) is 1.41. The van der Waals surface area contributed by atoms with Gasteiger partial charge in [0.15, 0.2) is 0 Å². The van der Waals surface area contributed by atoms with Crippen LogP contribution in [0.4, 0.5) is 5.69 Å². The van der Waals surface area contributed by atoms with Gasteiger partial charge in [0.05, 0.1) is 9.82 Å². The molecule has 2 N–H and O–H groups in total. The van der Waals surface area contributed by atoms with Gasteiger partial charge in [-0.05, 0) is 56.8 Å². The lowest BCUT2D eigenvalue weighted by Crippen LogP contribution is -2.46. The number of nitrogens with one attached hydrogen (secondary N) is 2. The Bertz CT molecular complexity index is 662. The van der Waals surface area contributed by atoms with Crippen molar-refractivity contribution in [3.63, 3.8) is 0 Å². The first-order valence-electron chi connectivity index (χ1n) is 7.42. The Balaban J connectivity index is 1.77. The van der Waals surface area contributed by atoms with Gasteiger partial charge in [-0.1, -0.05) is 0 Å². The molecule has 8 heteroatoms. The van der Waals surface area contributed by atoms with Crippen molar-refractivity contribution in [3.8, 4) is 0 Å². The van der Waals surface area contributed by atoms with Crippen LogP contribution in [-0.2, 0) is 10.0 Å². The highest BCUT2D eigenvalue weighted by atomic mass is 32.2. The molecule has 7 nitrogen and oxygen atoms in total. The minimum absolute atomic E-state index is 0.0818. The minimum atomic E-state index is -3.64. The molecule has 0 atom stereocenters. The maximum absolute atomic E-state index is 12.5. The highest BCUT2D eigenvalue weighted by molar-refractivity contribution is 7.89. The van der Waals surface area contributed by atoms with Crippen LogP contribution in [0, 0.1) is 16.0 Å². The maximum atomic E-state index is 12.5. The SMILES string of the molecule is O=[N+]([O-])c1ccc(S(=O)(=O)NC2(C3CCNCC3)CC2)cc1. The molecule has 22 heavy (non-hydrogen) atoms. The van der Waals surface area contributed by atoms with Gasteiger partial charge >= 0.3 is 0 Å². The average Bonchev–Trinajstić information content (AvgIpc) is 3.28. The molecule has 1 aliphatic carbocycles. The molecule has 2 fully saturated rings. The molecule has 1 aromatic carbocycles. The van der Waals surface area contributed by atoms with Gasteiger partial charge in [-0.2, -0.15) is 0 Å². The zero-order valence-electron chi connectivity index (χ0n) is 12.1. The summed E-state index contributed by atoms with van der Waals surface area (Å²) in [6.07, 6.45) is 3.68. The minimum Gasteiger partial charge on any atom is -0.317 e. The van der Waals surface area contributed by atoms with Crippen molar-refractivity contribution in [2.75, 3.05) is 13.1 Å². The van der Waals surface area contributed by atoms with Gasteiger partial charge in [-0.25, -0.2) is 13.1 Å². The topological polar surface area (TPSA) is 101 Å². The second kappa shape index (κ2) is 5.60. The average molecular weight is 325 g/mol. The van der Waals surface area contributed by atoms with Crippen LogP contribution < -0.4 is 10.0 Å². The summed E-state index contributed by atoms with van der Waals surface area (Å²) in [5.41, 5.74) is -0.429. The quantitative estimate of drug-likeness (QED) is 0.629. The lowest BCUT2D eigenvalue weighted by molar-refractivity contribution is -0.384. The molecule has 0 amide bonds. The van der Waals surface area contributed by atoms with E-state index in [1.54, 1.807) is 0 Å². The van der Waals surface area contributed by atoms with Crippen LogP contribution >= 0.6 is 0 Å². The van der Waals surface area contributed by atoms with Crippen molar-refractivity contribution in [2.45, 2.75) is 36.1 Å². The highest BCUT2D eigenvalue weighted by Crippen LogP contribution is 2.46. The van der Waals surface area contributed by atoms with Crippen molar-refractivity contribution in [3.05, 3.63) is 34.4 Å². The van der Waals surface area contributed by atoms with E-state index in [9.17, 15) is 18.5 Å². The first kappa shape index (κ1) is 15.4. The number of hydrogen-bond donors (Lipinski definition) is 2. The largest absolute Gasteiger partial charge is 0.317 e. The molecule has 3 rings (SSSR count). The third-order valence-electron chi connectivity index (χ3n) is 4.60. The molecular weight excluding hydrogens is 306 g/mol. The summed E-state index contributed by atoms with van der Waals surface area (Å²) in [5.74, 6) is 0.363. The van der Waals surface area contributed by atoms with Gasteiger partial charge in [-0.15, -0.1) is 0 Å². The summed E-state index contributed by atoms with van der Waals surface area (Å²) >= 11 is 0. The van der Waals surface area contributed by atoms with Gasteiger partial charge in [0, 0.05) is 17.7 Å². The Morgan fingerprint density at radius 1 is 1.18 bits per heavy atom. The van der Waals surface area contributed by atoms with Crippen LogP contribution in [0.3, 0.4) is 0 Å². The van der Waals surface area contributed by atoms with Gasteiger partial charge in [0.1, 0.15) is 0 Å². The monoisotopic (exact) mass is 325 g/mol. The molecule has 0 bridgehead atoms. The molecule has 1 heterocycles. The van der Waals surface area contributed by atoms with Gasteiger partial charge in [0.2, 0.25) is 10.0 Å². The van der Waals surface area contributed by atoms with E-state index in [0.717, 1.165) is 38.8 Å². The molecule has 1 aliphatic heterocycles. The molecule has 0 radical (unpaired) electrons. The zero-order chi connectivity index (χ0) is 15.8. The molecule has 1 saturated carbocycles. The van der Waals surface area contributed by atoms with E-state index in [1.807, 2.05) is 0 Å². The second-order valence-corrected chi connectivity index (χ2v) is 7.72. The fourth-order valence-electron chi connectivity index (χ4n) is 3.18. The fourth-order valence-corrected chi connectivity index (χ4v) is 4.69. The zero-order valence-corrected chi connectivity index (χ0v) is 12.9. The number of nitrogens with zero attached hydrogens (tertiary/aromatic N) is 1. The van der Waals surface area contributed by atoms with Crippen molar-refractivity contribution < 1.29 is 13.3 Å². The van der Waals surface area contributed by atoms with E-state index in [2.05, 4.69) is 10.0 Å². The fraction of sp³-hybridized carbons (Fsp3) is 0.571. The predicted molar refractivity (Wildman–Crippen MR) is 81.0 cm³/mol. The van der Waals surface area contributed by atoms with Crippen molar-refractivity contribution in [2.24, 2.45) is 5.92 Å². The lowest BCUT2D eigenvalue weighted by atomic mass is 9.89. The van der Waals surface area contributed by atoms with Crippen LogP contribution in [0.1, 0.15) is 25.7 Å². The van der Waals surface area contributed by atoms with Crippen molar-refractivity contribution in [1.29, 1.82) is 0 Å². The number of nitro benzene ring substituents is 1.